The second-order valence-corrected chi connectivity index (χ2v) is 8.11. The van der Waals surface area contributed by atoms with Gasteiger partial charge in [0.15, 0.2) is 0 Å². The van der Waals surface area contributed by atoms with Crippen LogP contribution in [0.25, 0.3) is 0 Å². The number of nitrogens with zero attached hydrogens (tertiary/aromatic N) is 3. The molecule has 0 fully saturated rings. The molecule has 0 saturated carbocycles. The number of hydrogen-bond acceptors (Lipinski definition) is 3. The molecule has 0 aliphatic carbocycles. The number of carbonyl (C=O) groups excluding carboxylic acids is 1. The van der Waals surface area contributed by atoms with Crippen molar-refractivity contribution < 1.29 is 4.79 Å². The van der Waals surface area contributed by atoms with Crippen LogP contribution in [-0.2, 0) is 13.1 Å². The minimum Gasteiger partial charge on any atom is -0.352 e. The molecule has 1 N–H and O–H groups in total. The van der Waals surface area contributed by atoms with Crippen LogP contribution in [0, 0.1) is 13.8 Å². The molecule has 2 aromatic carbocycles. The van der Waals surface area contributed by atoms with Gasteiger partial charge in [0.2, 0.25) is 0 Å². The fourth-order valence-electron chi connectivity index (χ4n) is 3.54. The highest BCUT2D eigenvalue weighted by molar-refractivity contribution is 9.10. The lowest BCUT2D eigenvalue weighted by molar-refractivity contribution is 0.102. The van der Waals surface area contributed by atoms with Gasteiger partial charge < -0.3 is 10.2 Å². The highest BCUT2D eigenvalue weighted by Gasteiger charge is 2.18. The summed E-state index contributed by atoms with van der Waals surface area (Å²) in [5.74, 6) is 1.08. The molecule has 0 radical (unpaired) electrons. The Morgan fingerprint density at radius 3 is 2.64 bits per heavy atom. The summed E-state index contributed by atoms with van der Waals surface area (Å²) in [6, 6.07) is 15.8. The number of hydrogen-bond donors (Lipinski definition) is 1. The van der Waals surface area contributed by atoms with Crippen molar-refractivity contribution in [1.29, 1.82) is 0 Å². The lowest BCUT2D eigenvalue weighted by Gasteiger charge is -2.29. The number of halogens is 1. The van der Waals surface area contributed by atoms with Crippen LogP contribution in [0.15, 0.2) is 53.0 Å². The number of aromatic nitrogens is 2. The van der Waals surface area contributed by atoms with E-state index in [-0.39, 0.29) is 5.91 Å². The van der Waals surface area contributed by atoms with Crippen molar-refractivity contribution >= 4 is 33.3 Å². The van der Waals surface area contributed by atoms with E-state index < -0.39 is 0 Å². The van der Waals surface area contributed by atoms with E-state index in [0.29, 0.717) is 5.56 Å². The molecule has 6 heteroatoms. The molecule has 28 heavy (non-hydrogen) atoms. The van der Waals surface area contributed by atoms with Crippen LogP contribution in [0.2, 0.25) is 0 Å². The van der Waals surface area contributed by atoms with Gasteiger partial charge in [0.1, 0.15) is 5.82 Å². The summed E-state index contributed by atoms with van der Waals surface area (Å²) in [7, 11) is 0. The summed E-state index contributed by atoms with van der Waals surface area (Å²) in [6.45, 7) is 6.86. The van der Waals surface area contributed by atoms with Crippen LogP contribution < -0.4 is 10.2 Å². The number of rotatable bonds is 4. The van der Waals surface area contributed by atoms with Crippen LogP contribution >= 0.6 is 15.9 Å². The van der Waals surface area contributed by atoms with Crippen LogP contribution in [-0.4, -0.2) is 22.2 Å². The van der Waals surface area contributed by atoms with Gasteiger partial charge in [-0.05, 0) is 61.7 Å². The maximum atomic E-state index is 12.5. The Balaban J connectivity index is 1.44. The molecule has 2 heterocycles. The van der Waals surface area contributed by atoms with Gasteiger partial charge in [0.25, 0.3) is 5.91 Å². The summed E-state index contributed by atoms with van der Waals surface area (Å²) < 4.78 is 3.12. The van der Waals surface area contributed by atoms with Gasteiger partial charge in [0.05, 0.1) is 5.69 Å². The second kappa shape index (κ2) is 7.80. The number of anilines is 2. The Kier molecular flexibility index (Phi) is 5.22. The summed E-state index contributed by atoms with van der Waals surface area (Å²) in [6.07, 6.45) is 1.10. The number of carbonyl (C=O) groups is 1. The van der Waals surface area contributed by atoms with Gasteiger partial charge in [0, 0.05) is 41.4 Å². The highest BCUT2D eigenvalue weighted by Crippen LogP contribution is 2.24. The molecule has 0 saturated heterocycles. The molecule has 3 aromatic rings. The molecule has 0 unspecified atom stereocenters. The van der Waals surface area contributed by atoms with Crippen molar-refractivity contribution in [1.82, 2.24) is 9.78 Å². The zero-order valence-corrected chi connectivity index (χ0v) is 17.7. The van der Waals surface area contributed by atoms with Gasteiger partial charge >= 0.3 is 0 Å². The lowest BCUT2D eigenvalue weighted by atomic mass is 10.1. The third-order valence-electron chi connectivity index (χ3n) is 5.01. The fourth-order valence-corrected chi connectivity index (χ4v) is 3.79. The molecule has 4 rings (SSSR count). The third-order valence-corrected chi connectivity index (χ3v) is 5.90. The third kappa shape index (κ3) is 3.97. The van der Waals surface area contributed by atoms with E-state index in [1.807, 2.05) is 56.3 Å². The first-order chi connectivity index (χ1) is 13.5. The van der Waals surface area contributed by atoms with Gasteiger partial charge in [-0.1, -0.05) is 28.1 Å². The average Bonchev–Trinajstić information content (AvgIpc) is 3.06. The van der Waals surface area contributed by atoms with Crippen molar-refractivity contribution in [2.75, 3.05) is 16.8 Å². The van der Waals surface area contributed by atoms with Gasteiger partial charge in [-0.3, -0.25) is 4.79 Å². The maximum absolute atomic E-state index is 12.5. The maximum Gasteiger partial charge on any atom is 0.255 e. The van der Waals surface area contributed by atoms with Crippen molar-refractivity contribution in [3.05, 3.63) is 75.4 Å². The zero-order chi connectivity index (χ0) is 19.7. The largest absolute Gasteiger partial charge is 0.352 e. The van der Waals surface area contributed by atoms with Crippen LogP contribution in [0.3, 0.4) is 0 Å². The monoisotopic (exact) mass is 438 g/mol. The molecular weight excluding hydrogens is 416 g/mol. The highest BCUT2D eigenvalue weighted by atomic mass is 79.9. The number of benzene rings is 2. The SMILES string of the molecule is Cc1cc2n(n1)CCCN2Cc1ccc(C(=O)Nc2ccc(Br)c(C)c2)cc1. The minimum atomic E-state index is -0.0973. The first-order valence-electron chi connectivity index (χ1n) is 9.45. The number of amides is 1. The standard InChI is InChI=1S/C22H23BrN4O/c1-15-12-19(8-9-20(15)23)24-22(28)18-6-4-17(5-7-18)14-26-10-3-11-27-21(26)13-16(2)25-27/h4-9,12-13H,3,10-11,14H2,1-2H3,(H,24,28). The van der Waals surface area contributed by atoms with E-state index in [9.17, 15) is 4.79 Å². The molecule has 1 amide bonds. The smallest absolute Gasteiger partial charge is 0.255 e. The Bertz CT molecular complexity index is 1010. The Morgan fingerprint density at radius 2 is 1.89 bits per heavy atom. The van der Waals surface area contributed by atoms with Gasteiger partial charge in [-0.15, -0.1) is 0 Å². The van der Waals surface area contributed by atoms with Crippen molar-refractivity contribution in [3.8, 4) is 0 Å². The summed E-state index contributed by atoms with van der Waals surface area (Å²) in [4.78, 5) is 14.9. The molecule has 1 aromatic heterocycles. The van der Waals surface area contributed by atoms with E-state index in [2.05, 4.69) is 42.0 Å². The molecule has 0 atom stereocenters. The first-order valence-corrected chi connectivity index (χ1v) is 10.2. The second-order valence-electron chi connectivity index (χ2n) is 7.26. The Labute approximate surface area is 173 Å². The predicted molar refractivity (Wildman–Crippen MR) is 116 cm³/mol. The predicted octanol–water partition coefficient (Wildman–Crippen LogP) is 4.93. The van der Waals surface area contributed by atoms with E-state index in [0.717, 1.165) is 47.5 Å². The quantitative estimate of drug-likeness (QED) is 0.628. The first kappa shape index (κ1) is 18.7. The van der Waals surface area contributed by atoms with E-state index in [1.165, 1.54) is 11.4 Å². The topological polar surface area (TPSA) is 50.2 Å². The molecule has 1 aliphatic rings. The van der Waals surface area contributed by atoms with E-state index in [4.69, 9.17) is 0 Å². The molecular formula is C22H23BrN4O. The lowest BCUT2D eigenvalue weighted by Crippen LogP contribution is -2.31. The van der Waals surface area contributed by atoms with Crippen LogP contribution in [0.4, 0.5) is 11.5 Å². The van der Waals surface area contributed by atoms with Crippen molar-refractivity contribution in [2.45, 2.75) is 33.4 Å². The number of fused-ring (bicyclic) bond motifs is 1. The normalized spacial score (nSPS) is 13.3. The molecule has 0 bridgehead atoms. The van der Waals surface area contributed by atoms with Gasteiger partial charge in [-0.2, -0.15) is 5.10 Å². The van der Waals surface area contributed by atoms with Crippen LogP contribution in [0.1, 0.15) is 33.6 Å². The number of aryl methyl sites for hydroxylation is 3. The molecule has 0 spiro atoms. The molecule has 144 valence electrons. The molecule has 5 nitrogen and oxygen atoms in total. The fraction of sp³-hybridized carbons (Fsp3) is 0.273. The van der Waals surface area contributed by atoms with E-state index in [1.54, 1.807) is 0 Å². The Morgan fingerprint density at radius 1 is 1.11 bits per heavy atom. The zero-order valence-electron chi connectivity index (χ0n) is 16.1. The van der Waals surface area contributed by atoms with Crippen molar-refractivity contribution in [2.24, 2.45) is 0 Å². The summed E-state index contributed by atoms with van der Waals surface area (Å²) in [5, 5.41) is 7.51. The van der Waals surface area contributed by atoms with E-state index >= 15 is 0 Å². The Hall–Kier alpha value is -2.60. The molecule has 1 aliphatic heterocycles. The number of nitrogens with one attached hydrogen (secondary N) is 1. The summed E-state index contributed by atoms with van der Waals surface area (Å²) >= 11 is 3.48. The average molecular weight is 439 g/mol. The van der Waals surface area contributed by atoms with Crippen LogP contribution in [0.5, 0.6) is 0 Å². The minimum absolute atomic E-state index is 0.0973. The van der Waals surface area contributed by atoms with Crippen molar-refractivity contribution in [3.63, 3.8) is 0 Å². The van der Waals surface area contributed by atoms with Gasteiger partial charge in [-0.25, -0.2) is 4.68 Å². The summed E-state index contributed by atoms with van der Waals surface area (Å²) in [5.41, 5.74) is 4.78.